The molecular formula is C19H45N3O10. The number of nitrogens with two attached hydrogens (primary N) is 3. The molecule has 0 aromatic heterocycles. The summed E-state index contributed by atoms with van der Waals surface area (Å²) >= 11 is 0. The van der Waals surface area contributed by atoms with Crippen molar-refractivity contribution in [1.82, 2.24) is 0 Å². The van der Waals surface area contributed by atoms with Gasteiger partial charge >= 0.3 is 0 Å². The average molecular weight is 476 g/mol. The first kappa shape index (κ1) is 33.7. The minimum atomic E-state index is -1.29. The van der Waals surface area contributed by atoms with Crippen LogP contribution in [0.1, 0.15) is 20.8 Å². The Morgan fingerprint density at radius 3 is 1.25 bits per heavy atom. The molecule has 12 N–H and O–H groups in total. The zero-order valence-corrected chi connectivity index (χ0v) is 19.3. The summed E-state index contributed by atoms with van der Waals surface area (Å²) in [6, 6.07) is 0. The molecular weight excluding hydrogens is 430 g/mol. The Balaban J connectivity index is 0. The SMILES string of the molecule is CC(C)C.NCC(O)C(O)COCC(COCC(O)C(O)CN)OCC(O)C(O)CON. The van der Waals surface area contributed by atoms with E-state index in [1.165, 1.54) is 0 Å². The largest absolute Gasteiger partial charge is 0.389 e. The molecule has 0 rings (SSSR count). The molecule has 13 nitrogen and oxygen atoms in total. The van der Waals surface area contributed by atoms with Crippen LogP contribution in [-0.4, -0.2) is 126 Å². The maximum Gasteiger partial charge on any atom is 0.107 e. The van der Waals surface area contributed by atoms with E-state index >= 15 is 0 Å². The Labute approximate surface area is 190 Å². The van der Waals surface area contributed by atoms with Crippen molar-refractivity contribution in [3.05, 3.63) is 0 Å². The van der Waals surface area contributed by atoms with Crippen molar-refractivity contribution >= 4 is 0 Å². The van der Waals surface area contributed by atoms with Crippen molar-refractivity contribution in [2.75, 3.05) is 52.7 Å². The van der Waals surface area contributed by atoms with Crippen molar-refractivity contribution in [3.63, 3.8) is 0 Å². The molecule has 0 saturated carbocycles. The first-order chi connectivity index (χ1) is 15.0. The molecule has 32 heavy (non-hydrogen) atoms. The maximum atomic E-state index is 9.77. The van der Waals surface area contributed by atoms with Crippen molar-refractivity contribution in [1.29, 1.82) is 0 Å². The molecule has 0 heterocycles. The highest BCUT2D eigenvalue weighted by molar-refractivity contribution is 4.70. The van der Waals surface area contributed by atoms with Gasteiger partial charge in [0, 0.05) is 13.1 Å². The zero-order chi connectivity index (χ0) is 25.1. The van der Waals surface area contributed by atoms with Crippen LogP contribution >= 0.6 is 0 Å². The first-order valence-corrected chi connectivity index (χ1v) is 10.6. The predicted molar refractivity (Wildman–Crippen MR) is 116 cm³/mol. The molecule has 0 aliphatic heterocycles. The van der Waals surface area contributed by atoms with Gasteiger partial charge in [0.05, 0.1) is 51.8 Å². The quantitative estimate of drug-likeness (QED) is 0.0861. The van der Waals surface area contributed by atoms with E-state index in [1.54, 1.807) is 0 Å². The molecule has 6 unspecified atom stereocenters. The number of ether oxygens (including phenoxy) is 3. The summed E-state index contributed by atoms with van der Waals surface area (Å²) in [6.07, 6.45) is -7.99. The van der Waals surface area contributed by atoms with Crippen LogP contribution in [0.15, 0.2) is 0 Å². The second-order valence-electron chi connectivity index (χ2n) is 7.97. The summed E-state index contributed by atoms with van der Waals surface area (Å²) in [5, 5.41) is 57.4. The van der Waals surface area contributed by atoms with Gasteiger partial charge in [0.2, 0.25) is 0 Å². The average Bonchev–Trinajstić information content (AvgIpc) is 2.74. The molecule has 0 bridgehead atoms. The molecule has 6 atom stereocenters. The Morgan fingerprint density at radius 2 is 0.906 bits per heavy atom. The third-order valence-electron chi connectivity index (χ3n) is 3.77. The first-order valence-electron chi connectivity index (χ1n) is 10.6. The van der Waals surface area contributed by atoms with Gasteiger partial charge in [-0.1, -0.05) is 20.8 Å². The van der Waals surface area contributed by atoms with Crippen LogP contribution in [0, 0.1) is 5.92 Å². The Kier molecular flexibility index (Phi) is 22.1. The van der Waals surface area contributed by atoms with Crippen molar-refractivity contribution in [2.24, 2.45) is 23.3 Å². The van der Waals surface area contributed by atoms with Crippen LogP contribution in [-0.2, 0) is 19.0 Å². The van der Waals surface area contributed by atoms with E-state index in [9.17, 15) is 30.6 Å². The van der Waals surface area contributed by atoms with Crippen molar-refractivity contribution in [2.45, 2.75) is 63.5 Å². The molecule has 0 fully saturated rings. The number of hydrogen-bond acceptors (Lipinski definition) is 13. The fraction of sp³-hybridized carbons (Fsp3) is 1.00. The second kappa shape index (κ2) is 21.0. The van der Waals surface area contributed by atoms with E-state index in [-0.39, 0.29) is 52.7 Å². The smallest absolute Gasteiger partial charge is 0.107 e. The van der Waals surface area contributed by atoms with Gasteiger partial charge in [-0.05, 0) is 5.92 Å². The highest BCUT2D eigenvalue weighted by Gasteiger charge is 2.22. The topological polar surface area (TPSA) is 236 Å². The van der Waals surface area contributed by atoms with Gasteiger partial charge in [-0.2, -0.15) is 0 Å². The number of aliphatic hydroxyl groups excluding tert-OH is 6. The Hall–Kier alpha value is -0.520. The fourth-order valence-corrected chi connectivity index (χ4v) is 1.88. The van der Waals surface area contributed by atoms with Gasteiger partial charge in [0.25, 0.3) is 0 Å². The Morgan fingerprint density at radius 1 is 0.562 bits per heavy atom. The van der Waals surface area contributed by atoms with E-state index in [2.05, 4.69) is 25.6 Å². The number of aliphatic hydroxyl groups is 6. The van der Waals surface area contributed by atoms with Crippen LogP contribution < -0.4 is 17.4 Å². The van der Waals surface area contributed by atoms with Gasteiger partial charge in [-0.15, -0.1) is 0 Å². The predicted octanol–water partition coefficient (Wildman–Crippen LogP) is -3.96. The van der Waals surface area contributed by atoms with Crippen molar-refractivity contribution < 1.29 is 49.7 Å². The van der Waals surface area contributed by atoms with Crippen LogP contribution in [0.3, 0.4) is 0 Å². The normalized spacial score (nSPS) is 18.3. The van der Waals surface area contributed by atoms with Gasteiger partial charge in [-0.25, -0.2) is 5.90 Å². The molecule has 0 aromatic carbocycles. The van der Waals surface area contributed by atoms with Crippen LogP contribution in [0.4, 0.5) is 0 Å². The monoisotopic (exact) mass is 475 g/mol. The van der Waals surface area contributed by atoms with Gasteiger partial charge in [0.1, 0.15) is 30.5 Å². The summed E-state index contributed by atoms with van der Waals surface area (Å²) in [4.78, 5) is 4.24. The van der Waals surface area contributed by atoms with Gasteiger partial charge in [-0.3, -0.25) is 0 Å². The lowest BCUT2D eigenvalue weighted by molar-refractivity contribution is -0.127. The summed E-state index contributed by atoms with van der Waals surface area (Å²) in [7, 11) is 0. The van der Waals surface area contributed by atoms with E-state index in [4.69, 9.17) is 31.6 Å². The standard InChI is InChI=1S/C15H35N3O10.C4H10/c16-1-10(19)12(21)5-25-3-9(4-26-6-13(22)11(20)2-17)27-7-14(23)15(24)8-28-18;1-4(2)3/h9-15,19-24H,1-8,16-18H2;4H,1-3H3. The fourth-order valence-electron chi connectivity index (χ4n) is 1.88. The molecule has 0 saturated heterocycles. The lowest BCUT2D eigenvalue weighted by atomic mass is 10.2. The van der Waals surface area contributed by atoms with E-state index in [0.717, 1.165) is 5.92 Å². The molecule has 0 aromatic rings. The molecule has 196 valence electrons. The van der Waals surface area contributed by atoms with Crippen LogP contribution in [0.25, 0.3) is 0 Å². The minimum Gasteiger partial charge on any atom is -0.389 e. The summed E-state index contributed by atoms with van der Waals surface area (Å²) < 4.78 is 15.9. The summed E-state index contributed by atoms with van der Waals surface area (Å²) in [5.74, 6) is 5.66. The summed E-state index contributed by atoms with van der Waals surface area (Å²) in [5.41, 5.74) is 10.5. The number of hydrogen-bond donors (Lipinski definition) is 9. The molecule has 0 radical (unpaired) electrons. The highest BCUT2D eigenvalue weighted by Crippen LogP contribution is 2.03. The van der Waals surface area contributed by atoms with E-state index in [0.29, 0.717) is 0 Å². The summed E-state index contributed by atoms with van der Waals surface area (Å²) in [6.45, 7) is 4.99. The molecule has 0 spiro atoms. The van der Waals surface area contributed by atoms with Gasteiger partial charge < -0.3 is 61.2 Å². The zero-order valence-electron chi connectivity index (χ0n) is 19.3. The Bertz CT molecular complexity index is 387. The third kappa shape index (κ3) is 19.0. The molecule has 0 aliphatic rings. The molecule has 13 heteroatoms. The molecule has 0 amide bonds. The number of rotatable bonds is 18. The van der Waals surface area contributed by atoms with Crippen LogP contribution in [0.5, 0.6) is 0 Å². The minimum absolute atomic E-state index is 0.0971. The van der Waals surface area contributed by atoms with Crippen LogP contribution in [0.2, 0.25) is 0 Å². The van der Waals surface area contributed by atoms with Crippen molar-refractivity contribution in [3.8, 4) is 0 Å². The maximum absolute atomic E-state index is 9.77. The highest BCUT2D eigenvalue weighted by atomic mass is 16.6. The molecule has 0 aliphatic carbocycles. The lowest BCUT2D eigenvalue weighted by Gasteiger charge is -2.24. The van der Waals surface area contributed by atoms with E-state index < -0.39 is 42.7 Å². The van der Waals surface area contributed by atoms with Gasteiger partial charge in [0.15, 0.2) is 0 Å². The second-order valence-corrected chi connectivity index (χ2v) is 7.97. The third-order valence-corrected chi connectivity index (χ3v) is 3.77. The lowest BCUT2D eigenvalue weighted by Crippen LogP contribution is -2.40. The van der Waals surface area contributed by atoms with E-state index in [1.807, 2.05) is 0 Å².